The molecule has 3 aromatic rings. The molecule has 2 aliphatic heterocycles. The summed E-state index contributed by atoms with van der Waals surface area (Å²) in [4.78, 5) is 60.0. The number of carbonyl (C=O) groups excluding carboxylic acids is 4. The number of nitrogens with zero attached hydrogens (tertiary/aromatic N) is 2. The number of imide groups is 1. The second-order valence-corrected chi connectivity index (χ2v) is 11.0. The van der Waals surface area contributed by atoms with Crippen molar-refractivity contribution in [3.8, 4) is 11.1 Å². The summed E-state index contributed by atoms with van der Waals surface area (Å²) in [7, 11) is 0. The van der Waals surface area contributed by atoms with E-state index in [2.05, 4.69) is 24.3 Å². The molecule has 4 aliphatic rings. The van der Waals surface area contributed by atoms with E-state index < -0.39 is 35.3 Å². The molecule has 2 aliphatic carbocycles. The van der Waals surface area contributed by atoms with Crippen LogP contribution in [0.25, 0.3) is 11.1 Å². The van der Waals surface area contributed by atoms with Crippen LogP contribution in [0, 0.1) is 5.41 Å². The van der Waals surface area contributed by atoms with Crippen molar-refractivity contribution in [2.75, 3.05) is 13.2 Å². The fraction of sp³-hybridized carbons (Fsp3) is 0.312. The maximum Gasteiger partial charge on any atom is 0.410 e. The van der Waals surface area contributed by atoms with Crippen LogP contribution in [0.2, 0.25) is 0 Å². The normalized spacial score (nSPS) is 22.9. The third kappa shape index (κ3) is 3.58. The molecular weight excluding hydrogens is 508 g/mol. The number of amides is 3. The third-order valence-corrected chi connectivity index (χ3v) is 9.04. The first kappa shape index (κ1) is 24.6. The van der Waals surface area contributed by atoms with Gasteiger partial charge < -0.3 is 14.5 Å². The topological polar surface area (TPSA) is 93.2 Å². The first-order valence-electron chi connectivity index (χ1n) is 13.8. The lowest BCUT2D eigenvalue weighted by Crippen LogP contribution is -2.56. The zero-order chi connectivity index (χ0) is 27.4. The SMILES string of the molecule is O=C1c2ccccc2C(=O)N1OC(=O)C12CCCC1N(C(=O)OCC1c3ccccc3-c3ccccc31)CCC2. The Hall–Kier alpha value is -4.46. The average molecular weight is 537 g/mol. The monoisotopic (exact) mass is 536 g/mol. The van der Waals surface area contributed by atoms with E-state index in [0.717, 1.165) is 28.7 Å². The number of likely N-dealkylation sites (tertiary alicyclic amines) is 1. The van der Waals surface area contributed by atoms with Crippen LogP contribution in [-0.2, 0) is 14.4 Å². The van der Waals surface area contributed by atoms with Gasteiger partial charge in [0.2, 0.25) is 0 Å². The van der Waals surface area contributed by atoms with E-state index in [4.69, 9.17) is 9.57 Å². The van der Waals surface area contributed by atoms with E-state index in [1.807, 2.05) is 24.3 Å². The van der Waals surface area contributed by atoms with Gasteiger partial charge in [0.1, 0.15) is 6.61 Å². The summed E-state index contributed by atoms with van der Waals surface area (Å²) in [6.07, 6.45) is 2.54. The fourth-order valence-corrected chi connectivity index (χ4v) is 7.18. The number of benzene rings is 3. The van der Waals surface area contributed by atoms with Crippen LogP contribution in [0.15, 0.2) is 72.8 Å². The van der Waals surface area contributed by atoms with Crippen molar-refractivity contribution >= 4 is 23.9 Å². The summed E-state index contributed by atoms with van der Waals surface area (Å²) < 4.78 is 5.94. The largest absolute Gasteiger partial charge is 0.448 e. The molecule has 0 radical (unpaired) electrons. The number of carbonyl (C=O) groups is 4. The highest BCUT2D eigenvalue weighted by molar-refractivity contribution is 6.21. The van der Waals surface area contributed by atoms with Gasteiger partial charge in [-0.3, -0.25) is 9.59 Å². The molecule has 3 aromatic carbocycles. The maximum absolute atomic E-state index is 13.7. The first-order valence-corrected chi connectivity index (χ1v) is 13.8. The van der Waals surface area contributed by atoms with Gasteiger partial charge in [0.15, 0.2) is 0 Å². The second kappa shape index (κ2) is 9.33. The van der Waals surface area contributed by atoms with E-state index in [0.29, 0.717) is 37.3 Å². The van der Waals surface area contributed by atoms with E-state index >= 15 is 0 Å². The van der Waals surface area contributed by atoms with Crippen molar-refractivity contribution in [3.05, 3.63) is 95.1 Å². The number of hydrogen-bond acceptors (Lipinski definition) is 6. The van der Waals surface area contributed by atoms with Crippen LogP contribution < -0.4 is 0 Å². The van der Waals surface area contributed by atoms with Gasteiger partial charge in [0.05, 0.1) is 22.6 Å². The predicted octanol–water partition coefficient (Wildman–Crippen LogP) is 5.32. The molecule has 2 fully saturated rings. The number of fused-ring (bicyclic) bond motifs is 5. The van der Waals surface area contributed by atoms with E-state index in [9.17, 15) is 19.2 Å². The summed E-state index contributed by atoms with van der Waals surface area (Å²) >= 11 is 0. The molecule has 0 spiro atoms. The van der Waals surface area contributed by atoms with Crippen molar-refractivity contribution in [2.24, 2.45) is 5.41 Å². The van der Waals surface area contributed by atoms with Gasteiger partial charge in [0.25, 0.3) is 11.8 Å². The Kier molecular flexibility index (Phi) is 5.73. The molecule has 202 valence electrons. The Balaban J connectivity index is 1.08. The smallest absolute Gasteiger partial charge is 0.410 e. The molecule has 8 heteroatoms. The molecule has 8 nitrogen and oxygen atoms in total. The van der Waals surface area contributed by atoms with Crippen LogP contribution in [0.5, 0.6) is 0 Å². The molecule has 0 bridgehead atoms. The van der Waals surface area contributed by atoms with E-state index in [1.165, 1.54) is 0 Å². The average Bonchev–Trinajstić information content (AvgIpc) is 3.64. The lowest BCUT2D eigenvalue weighted by molar-refractivity contribution is -0.186. The van der Waals surface area contributed by atoms with Crippen LogP contribution in [0.3, 0.4) is 0 Å². The number of hydroxylamine groups is 2. The van der Waals surface area contributed by atoms with Crippen LogP contribution in [-0.4, -0.2) is 53.0 Å². The van der Waals surface area contributed by atoms with Crippen molar-refractivity contribution in [1.82, 2.24) is 9.96 Å². The van der Waals surface area contributed by atoms with E-state index in [1.54, 1.807) is 29.2 Å². The number of rotatable bonds is 4. The Morgan fingerprint density at radius 2 is 1.32 bits per heavy atom. The van der Waals surface area contributed by atoms with Crippen LogP contribution in [0.4, 0.5) is 4.79 Å². The van der Waals surface area contributed by atoms with Gasteiger partial charge >= 0.3 is 12.1 Å². The minimum Gasteiger partial charge on any atom is -0.448 e. The van der Waals surface area contributed by atoms with E-state index in [-0.39, 0.29) is 23.7 Å². The lowest BCUT2D eigenvalue weighted by atomic mass is 9.75. The molecule has 2 heterocycles. The summed E-state index contributed by atoms with van der Waals surface area (Å²) in [5.41, 5.74) is 4.02. The molecule has 0 aromatic heterocycles. The highest BCUT2D eigenvalue weighted by Gasteiger charge is 2.57. The molecule has 2 unspecified atom stereocenters. The summed E-state index contributed by atoms with van der Waals surface area (Å²) in [5, 5.41) is 0.573. The van der Waals surface area contributed by atoms with Gasteiger partial charge in [-0.05, 0) is 60.1 Å². The van der Waals surface area contributed by atoms with Gasteiger partial charge in [-0.25, -0.2) is 9.59 Å². The zero-order valence-corrected chi connectivity index (χ0v) is 21.9. The molecule has 7 rings (SSSR count). The van der Waals surface area contributed by atoms with Gasteiger partial charge in [-0.2, -0.15) is 0 Å². The lowest BCUT2D eigenvalue weighted by Gasteiger charge is -2.44. The molecule has 40 heavy (non-hydrogen) atoms. The zero-order valence-electron chi connectivity index (χ0n) is 21.9. The van der Waals surface area contributed by atoms with Crippen LogP contribution in [0.1, 0.15) is 69.9 Å². The first-order chi connectivity index (χ1) is 19.5. The summed E-state index contributed by atoms with van der Waals surface area (Å²) in [6, 6.07) is 22.3. The Bertz CT molecular complexity index is 1490. The minimum atomic E-state index is -0.987. The summed E-state index contributed by atoms with van der Waals surface area (Å²) in [5.74, 6) is -2.00. The molecule has 1 saturated carbocycles. The molecular formula is C32H28N2O6. The van der Waals surface area contributed by atoms with Crippen molar-refractivity contribution < 1.29 is 28.8 Å². The third-order valence-electron chi connectivity index (χ3n) is 9.04. The Morgan fingerprint density at radius 1 is 0.775 bits per heavy atom. The summed E-state index contributed by atoms with van der Waals surface area (Å²) in [6.45, 7) is 0.673. The quantitative estimate of drug-likeness (QED) is 0.419. The Morgan fingerprint density at radius 3 is 1.95 bits per heavy atom. The molecule has 0 N–H and O–H groups in total. The highest BCUT2D eigenvalue weighted by Crippen LogP contribution is 2.50. The van der Waals surface area contributed by atoms with Gasteiger partial charge in [0, 0.05) is 12.5 Å². The minimum absolute atomic E-state index is 0.0618. The maximum atomic E-state index is 13.7. The fourth-order valence-electron chi connectivity index (χ4n) is 7.18. The molecule has 2 atom stereocenters. The van der Waals surface area contributed by atoms with Gasteiger partial charge in [-0.1, -0.05) is 72.1 Å². The highest BCUT2D eigenvalue weighted by atomic mass is 16.7. The van der Waals surface area contributed by atoms with Gasteiger partial charge in [-0.15, -0.1) is 0 Å². The van der Waals surface area contributed by atoms with Crippen molar-refractivity contribution in [3.63, 3.8) is 0 Å². The van der Waals surface area contributed by atoms with Crippen molar-refractivity contribution in [2.45, 2.75) is 44.1 Å². The second-order valence-electron chi connectivity index (χ2n) is 11.0. The predicted molar refractivity (Wildman–Crippen MR) is 144 cm³/mol. The standard InChI is InChI=1S/C32H28N2O6/c35-28-24-13-5-6-14-25(24)29(36)34(28)40-30(37)32-16-7-15-27(32)33(18-8-17-32)31(38)39-19-26-22-11-3-1-9-20(22)21-10-2-4-12-23(21)26/h1-6,9-14,26-27H,7-8,15-19H2. The number of ether oxygens (including phenoxy) is 1. The number of hydrogen-bond donors (Lipinski definition) is 0. The van der Waals surface area contributed by atoms with Crippen LogP contribution >= 0.6 is 0 Å². The molecule has 1 saturated heterocycles. The van der Waals surface area contributed by atoms with Crippen molar-refractivity contribution in [1.29, 1.82) is 0 Å². The number of piperidine rings is 1. The molecule has 3 amide bonds. The Labute approximate surface area is 231 Å².